The van der Waals surface area contributed by atoms with Crippen LogP contribution in [0.15, 0.2) is 65.7 Å². The van der Waals surface area contributed by atoms with E-state index in [4.69, 9.17) is 10.5 Å². The molecule has 1 amide bonds. The Morgan fingerprint density at radius 3 is 2.35 bits per heavy atom. The van der Waals surface area contributed by atoms with Crippen molar-refractivity contribution >= 4 is 28.6 Å². The highest BCUT2D eigenvalue weighted by Crippen LogP contribution is 2.27. The first-order valence-corrected chi connectivity index (χ1v) is 7.19. The van der Waals surface area contributed by atoms with Gasteiger partial charge in [-0.15, -0.1) is 0 Å². The molecule has 0 aliphatic carbocycles. The maximum atomic E-state index is 11.1. The Labute approximate surface area is 134 Å². The summed E-state index contributed by atoms with van der Waals surface area (Å²) in [6, 6.07) is 18.8. The second-order valence-corrected chi connectivity index (χ2v) is 5.07. The lowest BCUT2D eigenvalue weighted by atomic mass is 10.0. The normalized spacial score (nSPS) is 11.0. The van der Waals surface area contributed by atoms with Crippen LogP contribution in [0.3, 0.4) is 0 Å². The molecule has 4 heteroatoms. The van der Waals surface area contributed by atoms with E-state index in [1.54, 1.807) is 37.6 Å². The van der Waals surface area contributed by atoms with E-state index in [1.165, 1.54) is 0 Å². The molecule has 2 N–H and O–H groups in total. The quantitative estimate of drug-likeness (QED) is 0.747. The Morgan fingerprint density at radius 2 is 1.70 bits per heavy atom. The predicted octanol–water partition coefficient (Wildman–Crippen LogP) is 3.70. The molecule has 0 radical (unpaired) electrons. The minimum Gasteiger partial charge on any atom is -0.496 e. The van der Waals surface area contributed by atoms with E-state index >= 15 is 0 Å². The average Bonchev–Trinajstić information content (AvgIpc) is 2.60. The maximum Gasteiger partial charge on any atom is 0.248 e. The van der Waals surface area contributed by atoms with Gasteiger partial charge in [-0.05, 0) is 41.8 Å². The van der Waals surface area contributed by atoms with E-state index in [9.17, 15) is 4.79 Å². The van der Waals surface area contributed by atoms with E-state index in [2.05, 4.69) is 4.99 Å². The summed E-state index contributed by atoms with van der Waals surface area (Å²) >= 11 is 0. The van der Waals surface area contributed by atoms with Gasteiger partial charge in [-0.25, -0.2) is 0 Å². The van der Waals surface area contributed by atoms with Crippen LogP contribution >= 0.6 is 0 Å². The Kier molecular flexibility index (Phi) is 4.06. The molecule has 4 nitrogen and oxygen atoms in total. The van der Waals surface area contributed by atoms with E-state index < -0.39 is 5.91 Å². The summed E-state index contributed by atoms with van der Waals surface area (Å²) in [4.78, 5) is 15.5. The van der Waals surface area contributed by atoms with Gasteiger partial charge < -0.3 is 10.5 Å². The number of nitrogens with two attached hydrogens (primary N) is 1. The first-order valence-electron chi connectivity index (χ1n) is 7.19. The molecule has 114 valence electrons. The van der Waals surface area contributed by atoms with Crippen LogP contribution in [0.2, 0.25) is 0 Å². The van der Waals surface area contributed by atoms with Gasteiger partial charge in [0.15, 0.2) is 0 Å². The summed E-state index contributed by atoms with van der Waals surface area (Å²) in [5, 5.41) is 2.12. The Balaban J connectivity index is 1.96. The lowest BCUT2D eigenvalue weighted by Crippen LogP contribution is -2.10. The molecule has 0 bridgehead atoms. The van der Waals surface area contributed by atoms with E-state index in [-0.39, 0.29) is 0 Å². The average molecular weight is 304 g/mol. The zero-order valence-electron chi connectivity index (χ0n) is 12.7. The first-order chi connectivity index (χ1) is 11.2. The summed E-state index contributed by atoms with van der Waals surface area (Å²) in [6.07, 6.45) is 1.81. The molecule has 0 spiro atoms. The van der Waals surface area contributed by atoms with Crippen LogP contribution in [0.4, 0.5) is 5.69 Å². The van der Waals surface area contributed by atoms with Crippen molar-refractivity contribution in [1.82, 2.24) is 0 Å². The van der Waals surface area contributed by atoms with Crippen molar-refractivity contribution in [2.24, 2.45) is 10.7 Å². The number of rotatable bonds is 4. The minimum atomic E-state index is -0.443. The number of fused-ring (bicyclic) bond motifs is 1. The SMILES string of the molecule is COc1ccc(C=Nc2ccc(C(N)=O)cc2)c2ccccc12. The smallest absolute Gasteiger partial charge is 0.248 e. The van der Waals surface area contributed by atoms with E-state index in [0.717, 1.165) is 27.8 Å². The van der Waals surface area contributed by atoms with Crippen LogP contribution < -0.4 is 10.5 Å². The Morgan fingerprint density at radius 1 is 1.00 bits per heavy atom. The number of nitrogens with zero attached hydrogens (tertiary/aromatic N) is 1. The molecule has 3 aromatic carbocycles. The zero-order chi connectivity index (χ0) is 16.2. The molecule has 3 aromatic rings. The van der Waals surface area contributed by atoms with E-state index in [1.807, 2.05) is 36.4 Å². The molecule has 0 fully saturated rings. The van der Waals surface area contributed by atoms with Gasteiger partial charge in [-0.3, -0.25) is 9.79 Å². The van der Waals surface area contributed by atoms with Gasteiger partial charge in [0.1, 0.15) is 5.75 Å². The standard InChI is InChI=1S/C19H16N2O2/c1-23-18-11-8-14(16-4-2-3-5-17(16)18)12-21-15-9-6-13(7-10-15)19(20)22/h2-12H,1H3,(H2,20,22). The summed E-state index contributed by atoms with van der Waals surface area (Å²) < 4.78 is 5.39. The Bertz CT molecular complexity index is 884. The molecule has 0 aliphatic heterocycles. The fraction of sp³-hybridized carbons (Fsp3) is 0.0526. The first kappa shape index (κ1) is 14.8. The van der Waals surface area contributed by atoms with Crippen molar-refractivity contribution in [3.05, 3.63) is 71.8 Å². The van der Waals surface area contributed by atoms with Crippen molar-refractivity contribution in [2.45, 2.75) is 0 Å². The molecule has 23 heavy (non-hydrogen) atoms. The van der Waals surface area contributed by atoms with Gasteiger partial charge >= 0.3 is 0 Å². The molecular weight excluding hydrogens is 288 g/mol. The second kappa shape index (κ2) is 6.32. The number of methoxy groups -OCH3 is 1. The molecule has 0 unspecified atom stereocenters. The highest BCUT2D eigenvalue weighted by molar-refractivity contribution is 6.03. The summed E-state index contributed by atoms with van der Waals surface area (Å²) in [5.74, 6) is 0.394. The van der Waals surface area contributed by atoms with Crippen molar-refractivity contribution in [1.29, 1.82) is 0 Å². The van der Waals surface area contributed by atoms with Crippen LogP contribution in [-0.2, 0) is 0 Å². The highest BCUT2D eigenvalue weighted by atomic mass is 16.5. The molecular formula is C19H16N2O2. The molecule has 0 heterocycles. The number of hydrogen-bond acceptors (Lipinski definition) is 3. The summed E-state index contributed by atoms with van der Waals surface area (Å²) in [7, 11) is 1.66. The third-order valence-electron chi connectivity index (χ3n) is 3.64. The fourth-order valence-electron chi connectivity index (χ4n) is 2.44. The van der Waals surface area contributed by atoms with Crippen molar-refractivity contribution in [3.8, 4) is 5.75 Å². The molecule has 0 saturated carbocycles. The number of aliphatic imine (C=N–C) groups is 1. The van der Waals surface area contributed by atoms with Crippen LogP contribution in [0, 0.1) is 0 Å². The third kappa shape index (κ3) is 3.06. The molecule has 0 atom stereocenters. The maximum absolute atomic E-state index is 11.1. The summed E-state index contributed by atoms with van der Waals surface area (Å²) in [5.41, 5.74) is 7.46. The second-order valence-electron chi connectivity index (χ2n) is 5.07. The predicted molar refractivity (Wildman–Crippen MR) is 92.7 cm³/mol. The van der Waals surface area contributed by atoms with Gasteiger partial charge in [-0.1, -0.05) is 24.3 Å². The van der Waals surface area contributed by atoms with Crippen LogP contribution in [0.25, 0.3) is 10.8 Å². The van der Waals surface area contributed by atoms with Gasteiger partial charge in [0.05, 0.1) is 12.8 Å². The van der Waals surface area contributed by atoms with Gasteiger partial charge in [0.2, 0.25) is 5.91 Å². The Hall–Kier alpha value is -3.14. The minimum absolute atomic E-state index is 0.443. The number of amides is 1. The van der Waals surface area contributed by atoms with E-state index in [0.29, 0.717) is 5.56 Å². The highest BCUT2D eigenvalue weighted by Gasteiger charge is 2.04. The lowest BCUT2D eigenvalue weighted by Gasteiger charge is -2.07. The van der Waals surface area contributed by atoms with Crippen LogP contribution in [-0.4, -0.2) is 19.2 Å². The third-order valence-corrected chi connectivity index (χ3v) is 3.64. The zero-order valence-corrected chi connectivity index (χ0v) is 12.7. The van der Waals surface area contributed by atoms with Crippen molar-refractivity contribution < 1.29 is 9.53 Å². The van der Waals surface area contributed by atoms with Gasteiger partial charge in [-0.2, -0.15) is 0 Å². The number of carbonyl (C=O) groups is 1. The summed E-state index contributed by atoms with van der Waals surface area (Å²) in [6.45, 7) is 0. The van der Waals surface area contributed by atoms with Gasteiger partial charge in [0.25, 0.3) is 0 Å². The van der Waals surface area contributed by atoms with Crippen molar-refractivity contribution in [3.63, 3.8) is 0 Å². The monoisotopic (exact) mass is 304 g/mol. The number of ether oxygens (including phenoxy) is 1. The van der Waals surface area contributed by atoms with Crippen LogP contribution in [0.1, 0.15) is 15.9 Å². The molecule has 0 aromatic heterocycles. The largest absolute Gasteiger partial charge is 0.496 e. The topological polar surface area (TPSA) is 64.7 Å². The number of primary amides is 1. The van der Waals surface area contributed by atoms with Gasteiger partial charge in [0, 0.05) is 22.7 Å². The van der Waals surface area contributed by atoms with Crippen molar-refractivity contribution in [2.75, 3.05) is 7.11 Å². The molecule has 0 aliphatic rings. The lowest BCUT2D eigenvalue weighted by molar-refractivity contribution is 0.100. The molecule has 0 saturated heterocycles. The number of hydrogen-bond donors (Lipinski definition) is 1. The number of benzene rings is 3. The fourth-order valence-corrected chi connectivity index (χ4v) is 2.44. The number of carbonyl (C=O) groups excluding carboxylic acids is 1. The van der Waals surface area contributed by atoms with Crippen LogP contribution in [0.5, 0.6) is 5.75 Å². The molecule has 3 rings (SSSR count).